The number of hydrogen-bond acceptors (Lipinski definition) is 5. The summed E-state index contributed by atoms with van der Waals surface area (Å²) < 4.78 is 0. The summed E-state index contributed by atoms with van der Waals surface area (Å²) in [6, 6.07) is 3.81. The lowest BCUT2D eigenvalue weighted by molar-refractivity contribution is -0.114. The van der Waals surface area contributed by atoms with Gasteiger partial charge in [0.05, 0.1) is 11.6 Å². The van der Waals surface area contributed by atoms with E-state index in [2.05, 4.69) is 33.2 Å². The molecule has 26 heavy (non-hydrogen) atoms. The van der Waals surface area contributed by atoms with Gasteiger partial charge in [-0.2, -0.15) is 0 Å². The maximum atomic E-state index is 11.3. The Morgan fingerprint density at radius 2 is 2.23 bits per heavy atom. The van der Waals surface area contributed by atoms with Crippen LogP contribution in [0.1, 0.15) is 39.2 Å². The van der Waals surface area contributed by atoms with Crippen LogP contribution in [0.25, 0.3) is 5.57 Å². The van der Waals surface area contributed by atoms with Crippen LogP contribution in [-0.2, 0) is 4.79 Å². The largest absolute Gasteiger partial charge is 0.388 e. The van der Waals surface area contributed by atoms with Gasteiger partial charge in [-0.1, -0.05) is 6.58 Å². The van der Waals surface area contributed by atoms with E-state index in [1.165, 1.54) is 6.92 Å². The highest BCUT2D eigenvalue weighted by Gasteiger charge is 2.37. The van der Waals surface area contributed by atoms with Gasteiger partial charge in [-0.15, -0.1) is 0 Å². The Labute approximate surface area is 154 Å². The Hall–Kier alpha value is -2.60. The van der Waals surface area contributed by atoms with Crippen molar-refractivity contribution < 1.29 is 9.90 Å². The van der Waals surface area contributed by atoms with E-state index in [-0.39, 0.29) is 11.9 Å². The number of hydrogen-bond donors (Lipinski definition) is 3. The Morgan fingerprint density at radius 3 is 2.92 bits per heavy atom. The molecule has 0 radical (unpaired) electrons. The van der Waals surface area contributed by atoms with Crippen LogP contribution in [-0.4, -0.2) is 39.1 Å². The quantitative estimate of drug-likeness (QED) is 0.775. The minimum Gasteiger partial charge on any atom is -0.388 e. The van der Waals surface area contributed by atoms with Crippen LogP contribution in [0.2, 0.25) is 0 Å². The second kappa shape index (κ2) is 6.96. The highest BCUT2D eigenvalue weighted by Crippen LogP contribution is 2.32. The summed E-state index contributed by atoms with van der Waals surface area (Å²) in [5.74, 6) is 1.31. The Kier molecular flexibility index (Phi) is 4.87. The van der Waals surface area contributed by atoms with Crippen molar-refractivity contribution in [2.75, 3.05) is 11.9 Å². The molecule has 6 heteroatoms. The van der Waals surface area contributed by atoms with Crippen LogP contribution in [0.3, 0.4) is 0 Å². The van der Waals surface area contributed by atoms with E-state index in [0.717, 1.165) is 42.0 Å². The third-order valence-electron chi connectivity index (χ3n) is 4.69. The Balaban J connectivity index is 1.91. The highest BCUT2D eigenvalue weighted by molar-refractivity contribution is 5.88. The van der Waals surface area contributed by atoms with Gasteiger partial charge in [0.1, 0.15) is 11.6 Å². The molecule has 1 aromatic rings. The van der Waals surface area contributed by atoms with Gasteiger partial charge in [0.15, 0.2) is 0 Å². The zero-order valence-corrected chi connectivity index (χ0v) is 15.5. The van der Waals surface area contributed by atoms with Crippen LogP contribution in [0.4, 0.5) is 5.82 Å². The molecule has 1 unspecified atom stereocenters. The zero-order chi connectivity index (χ0) is 18.9. The molecule has 3 rings (SSSR count). The first-order valence-corrected chi connectivity index (χ1v) is 8.86. The molecule has 3 heterocycles. The van der Waals surface area contributed by atoms with E-state index in [4.69, 9.17) is 0 Å². The minimum absolute atomic E-state index is 0.0563. The third kappa shape index (κ3) is 3.96. The molecule has 1 saturated heterocycles. The summed E-state index contributed by atoms with van der Waals surface area (Å²) in [7, 11) is 0. The SMILES string of the molecule is C=C1C=C(c2ccnc(NC(C)=O)c2)C=C(N2CCCC2C(C)(C)O)N1. The van der Waals surface area contributed by atoms with Crippen molar-refractivity contribution in [1.29, 1.82) is 0 Å². The first kappa shape index (κ1) is 18.2. The lowest BCUT2D eigenvalue weighted by Gasteiger charge is -2.38. The number of allylic oxidation sites excluding steroid dienone is 3. The number of nitrogens with one attached hydrogen (secondary N) is 2. The van der Waals surface area contributed by atoms with Crippen LogP contribution >= 0.6 is 0 Å². The number of nitrogens with zero attached hydrogens (tertiary/aromatic N) is 2. The average molecular weight is 354 g/mol. The van der Waals surface area contributed by atoms with Gasteiger partial charge < -0.3 is 20.6 Å². The number of anilines is 1. The van der Waals surface area contributed by atoms with Gasteiger partial charge in [-0.3, -0.25) is 4.79 Å². The smallest absolute Gasteiger partial charge is 0.222 e. The van der Waals surface area contributed by atoms with E-state index in [9.17, 15) is 9.90 Å². The number of dihydropyridines is 1. The number of rotatable bonds is 4. The molecule has 0 aliphatic carbocycles. The number of aromatic nitrogens is 1. The standard InChI is InChI=1S/C20H26N4O2/c1-13-10-16(15-7-8-21-18(11-15)23-14(2)25)12-19(22-13)24-9-5-6-17(24)20(3,4)26/h7-8,10-12,17,22,26H,1,5-6,9H2,2-4H3,(H,21,23,25). The summed E-state index contributed by atoms with van der Waals surface area (Å²) >= 11 is 0. The number of aliphatic hydroxyl groups is 1. The summed E-state index contributed by atoms with van der Waals surface area (Å²) in [4.78, 5) is 17.7. The van der Waals surface area contributed by atoms with Crippen molar-refractivity contribution in [3.63, 3.8) is 0 Å². The molecule has 0 bridgehead atoms. The molecule has 0 saturated carbocycles. The highest BCUT2D eigenvalue weighted by atomic mass is 16.3. The predicted octanol–water partition coefficient (Wildman–Crippen LogP) is 2.62. The van der Waals surface area contributed by atoms with Crippen molar-refractivity contribution in [3.05, 3.63) is 54.1 Å². The second-order valence-corrected chi connectivity index (χ2v) is 7.40. The van der Waals surface area contributed by atoms with Crippen molar-refractivity contribution in [1.82, 2.24) is 15.2 Å². The van der Waals surface area contributed by atoms with Gasteiger partial charge in [-0.25, -0.2) is 4.98 Å². The lowest BCUT2D eigenvalue weighted by Crippen LogP contribution is -2.47. The fourth-order valence-corrected chi connectivity index (χ4v) is 3.58. The number of amides is 1. The van der Waals surface area contributed by atoms with Crippen molar-refractivity contribution in [2.45, 2.75) is 45.3 Å². The van der Waals surface area contributed by atoms with Gasteiger partial charge in [0.25, 0.3) is 0 Å². The Bertz CT molecular complexity index is 789. The second-order valence-electron chi connectivity index (χ2n) is 7.40. The average Bonchev–Trinajstić information content (AvgIpc) is 3.04. The molecule has 6 nitrogen and oxygen atoms in total. The van der Waals surface area contributed by atoms with Crippen molar-refractivity contribution in [2.24, 2.45) is 0 Å². The van der Waals surface area contributed by atoms with Gasteiger partial charge >= 0.3 is 0 Å². The first-order valence-electron chi connectivity index (χ1n) is 8.86. The molecule has 2 aliphatic heterocycles. The molecule has 1 fully saturated rings. The van der Waals surface area contributed by atoms with Crippen LogP contribution in [0.5, 0.6) is 0 Å². The molecule has 3 N–H and O–H groups in total. The molecule has 1 amide bonds. The number of likely N-dealkylation sites (tertiary alicyclic amines) is 1. The fraction of sp³-hybridized carbons (Fsp3) is 0.400. The lowest BCUT2D eigenvalue weighted by atomic mass is 9.96. The maximum absolute atomic E-state index is 11.3. The van der Waals surface area contributed by atoms with Gasteiger partial charge in [-0.05, 0) is 62.1 Å². The summed E-state index contributed by atoms with van der Waals surface area (Å²) in [6.07, 6.45) is 7.70. The fourth-order valence-electron chi connectivity index (χ4n) is 3.58. The zero-order valence-electron chi connectivity index (χ0n) is 15.5. The molecule has 0 aromatic carbocycles. The maximum Gasteiger partial charge on any atom is 0.222 e. The summed E-state index contributed by atoms with van der Waals surface area (Å²) in [5.41, 5.74) is 1.94. The number of pyridine rings is 1. The number of carbonyl (C=O) groups is 1. The molecule has 1 aromatic heterocycles. The molecular weight excluding hydrogens is 328 g/mol. The Morgan fingerprint density at radius 1 is 1.46 bits per heavy atom. The van der Waals surface area contributed by atoms with E-state index in [0.29, 0.717) is 5.82 Å². The molecule has 2 aliphatic rings. The monoisotopic (exact) mass is 354 g/mol. The van der Waals surface area contributed by atoms with Gasteiger partial charge in [0.2, 0.25) is 5.91 Å². The molecule has 0 spiro atoms. The normalized spacial score (nSPS) is 20.4. The van der Waals surface area contributed by atoms with Crippen LogP contribution in [0.15, 0.2) is 48.6 Å². The predicted molar refractivity (Wildman–Crippen MR) is 103 cm³/mol. The van der Waals surface area contributed by atoms with Crippen LogP contribution in [0, 0.1) is 0 Å². The van der Waals surface area contributed by atoms with Gasteiger partial charge in [0, 0.05) is 25.4 Å². The minimum atomic E-state index is -0.781. The third-order valence-corrected chi connectivity index (χ3v) is 4.69. The number of carbonyl (C=O) groups excluding carboxylic acids is 1. The molecule has 1 atom stereocenters. The first-order chi connectivity index (χ1) is 12.2. The molecule has 138 valence electrons. The van der Waals surface area contributed by atoms with E-state index < -0.39 is 5.60 Å². The van der Waals surface area contributed by atoms with E-state index >= 15 is 0 Å². The van der Waals surface area contributed by atoms with Crippen molar-refractivity contribution >= 4 is 17.3 Å². The van der Waals surface area contributed by atoms with Crippen LogP contribution < -0.4 is 10.6 Å². The summed E-state index contributed by atoms with van der Waals surface area (Å²) in [5, 5.41) is 16.5. The van der Waals surface area contributed by atoms with E-state index in [1.54, 1.807) is 6.20 Å². The van der Waals surface area contributed by atoms with Crippen molar-refractivity contribution in [3.8, 4) is 0 Å². The summed E-state index contributed by atoms with van der Waals surface area (Å²) in [6.45, 7) is 10.1. The van der Waals surface area contributed by atoms with E-state index in [1.807, 2.05) is 32.1 Å². The molecular formula is C20H26N4O2. The topological polar surface area (TPSA) is 77.5 Å².